The molecule has 3 aromatic rings. The van der Waals surface area contributed by atoms with E-state index in [1.165, 1.54) is 0 Å². The van der Waals surface area contributed by atoms with E-state index in [2.05, 4.69) is 26.0 Å². The van der Waals surface area contributed by atoms with Crippen LogP contribution in [0.25, 0.3) is 16.9 Å². The summed E-state index contributed by atoms with van der Waals surface area (Å²) in [5.74, 6) is 1.46. The van der Waals surface area contributed by atoms with Gasteiger partial charge in [-0.1, -0.05) is 0 Å². The lowest BCUT2D eigenvalue weighted by Crippen LogP contribution is -1.97. The summed E-state index contributed by atoms with van der Waals surface area (Å²) < 4.78 is 13.2. The second kappa shape index (κ2) is 5.13. The lowest BCUT2D eigenvalue weighted by molar-refractivity contribution is 0.395. The third-order valence-electron chi connectivity index (χ3n) is 3.01. The molecule has 0 aliphatic heterocycles. The quantitative estimate of drug-likeness (QED) is 0.738. The van der Waals surface area contributed by atoms with Crippen molar-refractivity contribution in [2.75, 3.05) is 14.2 Å². The van der Waals surface area contributed by atoms with E-state index in [1.54, 1.807) is 24.9 Å². The van der Waals surface area contributed by atoms with Gasteiger partial charge >= 0.3 is 0 Å². The van der Waals surface area contributed by atoms with Crippen LogP contribution in [0.2, 0.25) is 0 Å². The fraction of sp³-hybridized carbons (Fsp3) is 0.143. The fourth-order valence-electron chi connectivity index (χ4n) is 2.00. The van der Waals surface area contributed by atoms with E-state index in [-0.39, 0.29) is 0 Å². The molecule has 0 N–H and O–H groups in total. The van der Waals surface area contributed by atoms with E-state index in [0.717, 1.165) is 27.3 Å². The Bertz CT molecular complexity index is 770. The standard InChI is InChI=1S/C14H12BrN3O2/c1-19-9-3-4-10(12(7-9)20-2)11-5-6-14-16-8-13(15)18(14)17-11/h3-8H,1-2H3. The summed E-state index contributed by atoms with van der Waals surface area (Å²) in [6.07, 6.45) is 1.72. The summed E-state index contributed by atoms with van der Waals surface area (Å²) in [5, 5.41) is 4.56. The molecule has 0 saturated carbocycles. The van der Waals surface area contributed by atoms with Crippen molar-refractivity contribution in [3.8, 4) is 22.8 Å². The van der Waals surface area contributed by atoms with Crippen molar-refractivity contribution in [3.05, 3.63) is 41.1 Å². The van der Waals surface area contributed by atoms with Crippen molar-refractivity contribution in [2.45, 2.75) is 0 Å². The Balaban J connectivity index is 2.16. The molecule has 0 bridgehead atoms. The van der Waals surface area contributed by atoms with Gasteiger partial charge in [0.1, 0.15) is 16.1 Å². The van der Waals surface area contributed by atoms with Gasteiger partial charge in [0.05, 0.1) is 26.1 Å². The average molecular weight is 334 g/mol. The summed E-state index contributed by atoms with van der Waals surface area (Å²) in [6, 6.07) is 9.48. The maximum absolute atomic E-state index is 5.41. The molecule has 6 heteroatoms. The number of hydrogen-bond donors (Lipinski definition) is 0. The molecule has 0 unspecified atom stereocenters. The molecule has 0 fully saturated rings. The van der Waals surface area contributed by atoms with Crippen LogP contribution in [0.1, 0.15) is 0 Å². The van der Waals surface area contributed by atoms with Crippen LogP contribution in [-0.4, -0.2) is 28.8 Å². The fourth-order valence-corrected chi connectivity index (χ4v) is 2.36. The number of nitrogens with zero attached hydrogens (tertiary/aromatic N) is 3. The largest absolute Gasteiger partial charge is 0.497 e. The number of methoxy groups -OCH3 is 2. The highest BCUT2D eigenvalue weighted by Crippen LogP contribution is 2.32. The minimum absolute atomic E-state index is 0.715. The van der Waals surface area contributed by atoms with Crippen molar-refractivity contribution in [3.63, 3.8) is 0 Å². The Morgan fingerprint density at radius 1 is 1.10 bits per heavy atom. The summed E-state index contributed by atoms with van der Waals surface area (Å²) in [4.78, 5) is 4.23. The minimum Gasteiger partial charge on any atom is -0.497 e. The summed E-state index contributed by atoms with van der Waals surface area (Å²) in [6.45, 7) is 0. The smallest absolute Gasteiger partial charge is 0.154 e. The maximum atomic E-state index is 5.41. The highest BCUT2D eigenvalue weighted by atomic mass is 79.9. The molecule has 0 spiro atoms. The van der Waals surface area contributed by atoms with Crippen LogP contribution in [0.4, 0.5) is 0 Å². The molecule has 1 aromatic carbocycles. The molecular formula is C14H12BrN3O2. The molecule has 0 radical (unpaired) electrons. The van der Waals surface area contributed by atoms with Crippen molar-refractivity contribution in [1.29, 1.82) is 0 Å². The molecule has 2 heterocycles. The van der Waals surface area contributed by atoms with Gasteiger partial charge in [0, 0.05) is 11.6 Å². The lowest BCUT2D eigenvalue weighted by Gasteiger charge is -2.10. The third kappa shape index (κ3) is 2.12. The van der Waals surface area contributed by atoms with Gasteiger partial charge in [-0.15, -0.1) is 0 Å². The number of ether oxygens (including phenoxy) is 2. The first-order valence-electron chi connectivity index (χ1n) is 5.95. The highest BCUT2D eigenvalue weighted by Gasteiger charge is 2.11. The zero-order valence-electron chi connectivity index (χ0n) is 11.0. The Morgan fingerprint density at radius 2 is 1.95 bits per heavy atom. The number of benzene rings is 1. The number of halogens is 1. The van der Waals surface area contributed by atoms with Gasteiger partial charge in [-0.2, -0.15) is 5.10 Å². The number of fused-ring (bicyclic) bond motifs is 1. The molecule has 0 aliphatic rings. The molecular weight excluding hydrogens is 322 g/mol. The monoisotopic (exact) mass is 333 g/mol. The zero-order chi connectivity index (χ0) is 14.1. The van der Waals surface area contributed by atoms with Crippen LogP contribution in [0, 0.1) is 0 Å². The molecule has 5 nitrogen and oxygen atoms in total. The van der Waals surface area contributed by atoms with Gasteiger partial charge in [0.25, 0.3) is 0 Å². The van der Waals surface area contributed by atoms with Crippen LogP contribution in [0.3, 0.4) is 0 Å². The van der Waals surface area contributed by atoms with E-state index in [1.807, 2.05) is 30.3 Å². The Morgan fingerprint density at radius 3 is 2.70 bits per heavy atom. The molecule has 0 saturated heterocycles. The zero-order valence-corrected chi connectivity index (χ0v) is 12.6. The number of aromatic nitrogens is 3. The van der Waals surface area contributed by atoms with E-state index in [0.29, 0.717) is 5.75 Å². The number of rotatable bonds is 3. The first-order valence-corrected chi connectivity index (χ1v) is 6.75. The third-order valence-corrected chi connectivity index (χ3v) is 3.55. The first-order chi connectivity index (χ1) is 9.72. The topological polar surface area (TPSA) is 48.7 Å². The predicted octanol–water partition coefficient (Wildman–Crippen LogP) is 3.18. The molecule has 20 heavy (non-hydrogen) atoms. The number of hydrogen-bond acceptors (Lipinski definition) is 4. The van der Waals surface area contributed by atoms with Crippen LogP contribution >= 0.6 is 15.9 Å². The highest BCUT2D eigenvalue weighted by molar-refractivity contribution is 9.10. The van der Waals surface area contributed by atoms with Crippen LogP contribution in [0.15, 0.2) is 41.1 Å². The van der Waals surface area contributed by atoms with Crippen LogP contribution in [0.5, 0.6) is 11.5 Å². The molecule has 102 valence electrons. The van der Waals surface area contributed by atoms with E-state index < -0.39 is 0 Å². The van der Waals surface area contributed by atoms with Crippen LogP contribution in [-0.2, 0) is 0 Å². The van der Waals surface area contributed by atoms with E-state index in [4.69, 9.17) is 9.47 Å². The molecule has 3 rings (SSSR count). The van der Waals surface area contributed by atoms with Crippen molar-refractivity contribution >= 4 is 21.6 Å². The van der Waals surface area contributed by atoms with Gasteiger partial charge in [-0.3, -0.25) is 0 Å². The maximum Gasteiger partial charge on any atom is 0.154 e. The number of imidazole rings is 1. The Hall–Kier alpha value is -2.08. The van der Waals surface area contributed by atoms with E-state index >= 15 is 0 Å². The second-order valence-electron chi connectivity index (χ2n) is 4.14. The second-order valence-corrected chi connectivity index (χ2v) is 4.95. The van der Waals surface area contributed by atoms with Gasteiger partial charge < -0.3 is 9.47 Å². The van der Waals surface area contributed by atoms with Crippen LogP contribution < -0.4 is 9.47 Å². The van der Waals surface area contributed by atoms with Crippen molar-refractivity contribution in [2.24, 2.45) is 0 Å². The van der Waals surface area contributed by atoms with Gasteiger partial charge in [0.2, 0.25) is 0 Å². The molecule has 0 atom stereocenters. The SMILES string of the molecule is COc1ccc(-c2ccc3ncc(Br)n3n2)c(OC)c1. The molecule has 0 aliphatic carbocycles. The Kier molecular flexibility index (Phi) is 3.31. The van der Waals surface area contributed by atoms with Gasteiger partial charge in [-0.05, 0) is 40.2 Å². The summed E-state index contributed by atoms with van der Waals surface area (Å²) in [5.41, 5.74) is 2.49. The van der Waals surface area contributed by atoms with Crippen molar-refractivity contribution < 1.29 is 9.47 Å². The molecule has 2 aromatic heterocycles. The Labute approximate surface area is 124 Å². The average Bonchev–Trinajstić information content (AvgIpc) is 2.87. The molecule has 0 amide bonds. The normalized spacial score (nSPS) is 10.8. The summed E-state index contributed by atoms with van der Waals surface area (Å²) in [7, 11) is 3.26. The summed E-state index contributed by atoms with van der Waals surface area (Å²) >= 11 is 3.42. The van der Waals surface area contributed by atoms with Gasteiger partial charge in [0.15, 0.2) is 5.65 Å². The van der Waals surface area contributed by atoms with E-state index in [9.17, 15) is 0 Å². The lowest BCUT2D eigenvalue weighted by atomic mass is 10.1. The first kappa shape index (κ1) is 12.9. The predicted molar refractivity (Wildman–Crippen MR) is 79.2 cm³/mol. The van der Waals surface area contributed by atoms with Crippen molar-refractivity contribution in [1.82, 2.24) is 14.6 Å². The van der Waals surface area contributed by atoms with Gasteiger partial charge in [-0.25, -0.2) is 9.50 Å². The minimum atomic E-state index is 0.715.